The predicted octanol–water partition coefficient (Wildman–Crippen LogP) is 3.03. The molecule has 4 nitrogen and oxygen atoms in total. The fourth-order valence-electron chi connectivity index (χ4n) is 2.09. The summed E-state index contributed by atoms with van der Waals surface area (Å²) in [6, 6.07) is 15.3. The monoisotopic (exact) mass is 298 g/mol. The Kier molecular flexibility index (Phi) is 5.42. The number of nitrogen functional groups attached to an aromatic ring is 1. The Labute approximate surface area is 131 Å². The maximum absolute atomic E-state index is 11.9. The molecule has 0 aliphatic carbocycles. The van der Waals surface area contributed by atoms with Crippen LogP contribution in [-0.4, -0.2) is 18.6 Å². The average molecular weight is 298 g/mol. The second kappa shape index (κ2) is 7.50. The highest BCUT2D eigenvalue weighted by molar-refractivity contribution is 5.95. The molecule has 116 valence electrons. The fourth-order valence-corrected chi connectivity index (χ4v) is 2.09. The van der Waals surface area contributed by atoms with E-state index in [-0.39, 0.29) is 11.9 Å². The van der Waals surface area contributed by atoms with Crippen LogP contribution in [0.3, 0.4) is 0 Å². The Morgan fingerprint density at radius 2 is 1.91 bits per heavy atom. The first-order valence-electron chi connectivity index (χ1n) is 7.43. The first-order chi connectivity index (χ1) is 10.6. The van der Waals surface area contributed by atoms with Gasteiger partial charge in [-0.3, -0.25) is 4.79 Å². The van der Waals surface area contributed by atoms with E-state index in [2.05, 4.69) is 17.4 Å². The van der Waals surface area contributed by atoms with Gasteiger partial charge in [0.15, 0.2) is 0 Å². The summed E-state index contributed by atoms with van der Waals surface area (Å²) in [5.41, 5.74) is 8.20. The molecule has 1 amide bonds. The molecule has 0 atom stereocenters. The lowest BCUT2D eigenvalue weighted by Crippen LogP contribution is -2.30. The summed E-state index contributed by atoms with van der Waals surface area (Å²) in [6.07, 6.45) is 0.815. The van der Waals surface area contributed by atoms with Crippen LogP contribution in [0.1, 0.15) is 29.8 Å². The second-order valence-electron chi connectivity index (χ2n) is 5.46. The van der Waals surface area contributed by atoms with Crippen molar-refractivity contribution in [1.82, 2.24) is 5.32 Å². The number of hydrogen-bond acceptors (Lipinski definition) is 3. The Bertz CT molecular complexity index is 624. The maximum atomic E-state index is 11.9. The van der Waals surface area contributed by atoms with Crippen LogP contribution in [0, 0.1) is 0 Å². The highest BCUT2D eigenvalue weighted by Gasteiger charge is 2.09. The van der Waals surface area contributed by atoms with Gasteiger partial charge >= 0.3 is 0 Å². The Morgan fingerprint density at radius 1 is 1.18 bits per heavy atom. The normalized spacial score (nSPS) is 10.5. The molecule has 3 N–H and O–H groups in total. The summed E-state index contributed by atoms with van der Waals surface area (Å²) >= 11 is 0. The SMILES string of the molecule is CC(C)NC(=O)c1ccc(OCCc2ccccc2)c(N)c1. The van der Waals surface area contributed by atoms with Crippen LogP contribution < -0.4 is 15.8 Å². The van der Waals surface area contributed by atoms with E-state index in [0.717, 1.165) is 6.42 Å². The minimum absolute atomic E-state index is 0.0931. The molecule has 2 rings (SSSR count). The van der Waals surface area contributed by atoms with Gasteiger partial charge < -0.3 is 15.8 Å². The number of benzene rings is 2. The molecule has 0 unspecified atom stereocenters. The van der Waals surface area contributed by atoms with Crippen LogP contribution >= 0.6 is 0 Å². The van der Waals surface area contributed by atoms with Gasteiger partial charge in [0.1, 0.15) is 5.75 Å². The van der Waals surface area contributed by atoms with Gasteiger partial charge in [0.2, 0.25) is 0 Å². The number of ether oxygens (including phenoxy) is 1. The van der Waals surface area contributed by atoms with Crippen LogP contribution in [0.5, 0.6) is 5.75 Å². The van der Waals surface area contributed by atoms with E-state index in [0.29, 0.717) is 23.6 Å². The van der Waals surface area contributed by atoms with Crippen molar-refractivity contribution in [1.29, 1.82) is 0 Å². The minimum atomic E-state index is -0.127. The van der Waals surface area contributed by atoms with E-state index < -0.39 is 0 Å². The number of amides is 1. The van der Waals surface area contributed by atoms with Crippen molar-refractivity contribution in [2.45, 2.75) is 26.3 Å². The van der Waals surface area contributed by atoms with Crippen molar-refractivity contribution < 1.29 is 9.53 Å². The van der Waals surface area contributed by atoms with E-state index in [9.17, 15) is 4.79 Å². The highest BCUT2D eigenvalue weighted by atomic mass is 16.5. The number of nitrogens with one attached hydrogen (secondary N) is 1. The van der Waals surface area contributed by atoms with Gasteiger partial charge in [-0.25, -0.2) is 0 Å². The Morgan fingerprint density at radius 3 is 2.55 bits per heavy atom. The predicted molar refractivity (Wildman–Crippen MR) is 89.1 cm³/mol. The molecule has 2 aromatic rings. The first kappa shape index (κ1) is 15.9. The molecular formula is C18H22N2O2. The molecule has 0 bridgehead atoms. The average Bonchev–Trinajstić information content (AvgIpc) is 2.49. The first-order valence-corrected chi connectivity index (χ1v) is 7.43. The van der Waals surface area contributed by atoms with Gasteiger partial charge in [-0.15, -0.1) is 0 Å². The van der Waals surface area contributed by atoms with E-state index >= 15 is 0 Å². The standard InChI is InChI=1S/C18H22N2O2/c1-13(2)20-18(21)15-8-9-17(16(19)12-15)22-11-10-14-6-4-3-5-7-14/h3-9,12-13H,10-11,19H2,1-2H3,(H,20,21). The van der Waals surface area contributed by atoms with Gasteiger partial charge in [-0.1, -0.05) is 30.3 Å². The third-order valence-electron chi connectivity index (χ3n) is 3.18. The highest BCUT2D eigenvalue weighted by Crippen LogP contribution is 2.22. The molecule has 0 radical (unpaired) electrons. The van der Waals surface area contributed by atoms with Crippen LogP contribution in [0.2, 0.25) is 0 Å². The van der Waals surface area contributed by atoms with Crippen molar-refractivity contribution in [3.63, 3.8) is 0 Å². The quantitative estimate of drug-likeness (QED) is 0.806. The van der Waals surface area contributed by atoms with E-state index in [4.69, 9.17) is 10.5 Å². The molecule has 2 aromatic carbocycles. The van der Waals surface area contributed by atoms with Crippen LogP contribution in [0.15, 0.2) is 48.5 Å². The number of rotatable bonds is 6. The van der Waals surface area contributed by atoms with E-state index in [1.165, 1.54) is 5.56 Å². The lowest BCUT2D eigenvalue weighted by Gasteiger charge is -2.12. The topological polar surface area (TPSA) is 64.3 Å². The Balaban J connectivity index is 1.94. The summed E-state index contributed by atoms with van der Waals surface area (Å²) in [6.45, 7) is 4.39. The maximum Gasteiger partial charge on any atom is 0.251 e. The smallest absolute Gasteiger partial charge is 0.251 e. The molecule has 0 fully saturated rings. The van der Waals surface area contributed by atoms with Crippen molar-refractivity contribution in [3.05, 3.63) is 59.7 Å². The fraction of sp³-hybridized carbons (Fsp3) is 0.278. The number of nitrogens with two attached hydrogens (primary N) is 1. The number of carbonyl (C=O) groups excluding carboxylic acids is 1. The minimum Gasteiger partial charge on any atom is -0.491 e. The summed E-state index contributed by atoms with van der Waals surface area (Å²) in [7, 11) is 0. The molecule has 0 heterocycles. The number of carbonyl (C=O) groups is 1. The molecule has 0 spiro atoms. The zero-order valence-corrected chi connectivity index (χ0v) is 13.0. The number of hydrogen-bond donors (Lipinski definition) is 2. The summed E-state index contributed by atoms with van der Waals surface area (Å²) in [5.74, 6) is 0.481. The zero-order valence-electron chi connectivity index (χ0n) is 13.0. The molecule has 0 saturated heterocycles. The lowest BCUT2D eigenvalue weighted by molar-refractivity contribution is 0.0943. The van der Waals surface area contributed by atoms with Crippen LogP contribution in [0.25, 0.3) is 0 Å². The second-order valence-corrected chi connectivity index (χ2v) is 5.46. The molecule has 0 aliphatic rings. The van der Waals surface area contributed by atoms with Crippen molar-refractivity contribution in [2.75, 3.05) is 12.3 Å². The lowest BCUT2D eigenvalue weighted by atomic mass is 10.1. The molecular weight excluding hydrogens is 276 g/mol. The summed E-state index contributed by atoms with van der Waals surface area (Å²) in [5, 5.41) is 2.84. The van der Waals surface area contributed by atoms with E-state index in [1.807, 2.05) is 32.0 Å². The largest absolute Gasteiger partial charge is 0.491 e. The van der Waals surface area contributed by atoms with Gasteiger partial charge in [-0.05, 0) is 37.6 Å². The summed E-state index contributed by atoms with van der Waals surface area (Å²) < 4.78 is 5.70. The van der Waals surface area contributed by atoms with E-state index in [1.54, 1.807) is 18.2 Å². The zero-order chi connectivity index (χ0) is 15.9. The van der Waals surface area contributed by atoms with Crippen molar-refractivity contribution >= 4 is 11.6 Å². The Hall–Kier alpha value is -2.49. The van der Waals surface area contributed by atoms with Crippen LogP contribution in [-0.2, 0) is 6.42 Å². The third-order valence-corrected chi connectivity index (χ3v) is 3.18. The number of anilines is 1. The third kappa shape index (κ3) is 4.52. The van der Waals surface area contributed by atoms with Gasteiger partial charge in [0.25, 0.3) is 5.91 Å². The van der Waals surface area contributed by atoms with Crippen LogP contribution in [0.4, 0.5) is 5.69 Å². The van der Waals surface area contributed by atoms with Crippen molar-refractivity contribution in [3.8, 4) is 5.75 Å². The molecule has 0 aliphatic heterocycles. The molecule has 0 aromatic heterocycles. The van der Waals surface area contributed by atoms with Gasteiger partial charge in [0.05, 0.1) is 12.3 Å². The molecule has 0 saturated carbocycles. The molecule has 4 heteroatoms. The van der Waals surface area contributed by atoms with Crippen molar-refractivity contribution in [2.24, 2.45) is 0 Å². The summed E-state index contributed by atoms with van der Waals surface area (Å²) in [4.78, 5) is 11.9. The van der Waals surface area contributed by atoms with Gasteiger partial charge in [0, 0.05) is 18.0 Å². The van der Waals surface area contributed by atoms with Gasteiger partial charge in [-0.2, -0.15) is 0 Å². The molecule has 22 heavy (non-hydrogen) atoms.